The Morgan fingerprint density at radius 1 is 1.53 bits per heavy atom. The van der Waals surface area contributed by atoms with Crippen molar-refractivity contribution in [1.29, 1.82) is 0 Å². The lowest BCUT2D eigenvalue weighted by molar-refractivity contribution is -0.151. The lowest BCUT2D eigenvalue weighted by atomic mass is 9.94. The molecule has 1 aromatic heterocycles. The van der Waals surface area contributed by atoms with Crippen molar-refractivity contribution in [3.63, 3.8) is 0 Å². The van der Waals surface area contributed by atoms with Crippen LogP contribution in [0.3, 0.4) is 0 Å². The van der Waals surface area contributed by atoms with Gasteiger partial charge in [-0.2, -0.15) is 5.10 Å². The summed E-state index contributed by atoms with van der Waals surface area (Å²) in [4.78, 5) is 22.8. The van der Waals surface area contributed by atoms with Gasteiger partial charge in [-0.1, -0.05) is 0 Å². The largest absolute Gasteiger partial charge is 0.469 e. The van der Waals surface area contributed by atoms with Gasteiger partial charge < -0.3 is 10.1 Å². The molecule has 0 aliphatic heterocycles. The topological polar surface area (TPSA) is 73.2 Å². The Hall–Kier alpha value is -1.85. The van der Waals surface area contributed by atoms with Crippen LogP contribution in [0.1, 0.15) is 24.3 Å². The van der Waals surface area contributed by atoms with Crippen LogP contribution in [0.25, 0.3) is 0 Å². The second-order valence-corrected chi connectivity index (χ2v) is 4.35. The summed E-state index contributed by atoms with van der Waals surface area (Å²) in [7, 11) is 2.89. The fourth-order valence-electron chi connectivity index (χ4n) is 1.44. The summed E-state index contributed by atoms with van der Waals surface area (Å²) >= 11 is 0. The van der Waals surface area contributed by atoms with E-state index in [1.54, 1.807) is 37.8 Å². The molecule has 17 heavy (non-hydrogen) atoms. The van der Waals surface area contributed by atoms with Crippen molar-refractivity contribution >= 4 is 11.9 Å². The van der Waals surface area contributed by atoms with E-state index in [4.69, 9.17) is 4.74 Å². The van der Waals surface area contributed by atoms with Crippen LogP contribution in [0, 0.1) is 5.41 Å². The standard InChI is InChI=1S/C11H17N3O3/c1-11(2,10(16)17-4)7-14-6-5-8(13-14)9(15)12-3/h5-6H,7H2,1-4H3,(H,12,15). The minimum atomic E-state index is -0.680. The van der Waals surface area contributed by atoms with Crippen LogP contribution in [0.15, 0.2) is 12.3 Å². The fraction of sp³-hybridized carbons (Fsp3) is 0.545. The van der Waals surface area contributed by atoms with Gasteiger partial charge in [-0.05, 0) is 19.9 Å². The van der Waals surface area contributed by atoms with E-state index in [9.17, 15) is 9.59 Å². The summed E-state index contributed by atoms with van der Waals surface area (Å²) < 4.78 is 6.26. The number of ether oxygens (including phenoxy) is 1. The summed E-state index contributed by atoms with van der Waals surface area (Å²) in [6.45, 7) is 3.89. The summed E-state index contributed by atoms with van der Waals surface area (Å²) in [6, 6.07) is 1.60. The van der Waals surface area contributed by atoms with Gasteiger partial charge in [-0.3, -0.25) is 14.3 Å². The van der Waals surface area contributed by atoms with Gasteiger partial charge in [0.2, 0.25) is 0 Å². The number of esters is 1. The number of carbonyl (C=O) groups is 2. The van der Waals surface area contributed by atoms with Crippen molar-refractivity contribution in [2.24, 2.45) is 5.41 Å². The molecule has 1 heterocycles. The van der Waals surface area contributed by atoms with E-state index in [1.807, 2.05) is 0 Å². The molecule has 0 atom stereocenters. The average molecular weight is 239 g/mol. The first-order chi connectivity index (χ1) is 7.90. The molecular formula is C11H17N3O3. The number of nitrogens with one attached hydrogen (secondary N) is 1. The Bertz CT molecular complexity index is 423. The molecule has 0 aromatic carbocycles. The number of hydrogen-bond acceptors (Lipinski definition) is 4. The lowest BCUT2D eigenvalue weighted by Gasteiger charge is -2.20. The molecule has 0 radical (unpaired) electrons. The monoisotopic (exact) mass is 239 g/mol. The summed E-state index contributed by atoms with van der Waals surface area (Å²) in [5.41, 5.74) is -0.353. The van der Waals surface area contributed by atoms with Crippen LogP contribution >= 0.6 is 0 Å². The maximum atomic E-state index is 11.5. The highest BCUT2D eigenvalue weighted by atomic mass is 16.5. The second kappa shape index (κ2) is 4.99. The average Bonchev–Trinajstić information content (AvgIpc) is 2.74. The zero-order chi connectivity index (χ0) is 13.1. The first kappa shape index (κ1) is 13.2. The highest BCUT2D eigenvalue weighted by molar-refractivity contribution is 5.91. The van der Waals surface area contributed by atoms with Gasteiger partial charge in [0.15, 0.2) is 0 Å². The number of carbonyl (C=O) groups excluding carboxylic acids is 2. The third-order valence-corrected chi connectivity index (χ3v) is 2.40. The van der Waals surface area contributed by atoms with Crippen molar-refractivity contribution in [3.8, 4) is 0 Å². The van der Waals surface area contributed by atoms with E-state index in [-0.39, 0.29) is 11.9 Å². The normalized spacial score (nSPS) is 11.1. The third kappa shape index (κ3) is 3.05. The zero-order valence-electron chi connectivity index (χ0n) is 10.5. The highest BCUT2D eigenvalue weighted by Gasteiger charge is 2.29. The van der Waals surface area contributed by atoms with Crippen LogP contribution in [0.4, 0.5) is 0 Å². The first-order valence-electron chi connectivity index (χ1n) is 5.24. The van der Waals surface area contributed by atoms with E-state index in [0.29, 0.717) is 12.2 Å². The molecule has 0 bridgehead atoms. The molecule has 0 saturated carbocycles. The van der Waals surface area contributed by atoms with Gasteiger partial charge in [0, 0.05) is 13.2 Å². The number of aromatic nitrogens is 2. The number of hydrogen-bond donors (Lipinski definition) is 1. The Labute approximate surface area is 99.9 Å². The van der Waals surface area contributed by atoms with Crippen molar-refractivity contribution in [1.82, 2.24) is 15.1 Å². The van der Waals surface area contributed by atoms with Crippen LogP contribution < -0.4 is 5.32 Å². The second-order valence-electron chi connectivity index (χ2n) is 4.35. The van der Waals surface area contributed by atoms with Gasteiger partial charge in [0.25, 0.3) is 5.91 Å². The van der Waals surface area contributed by atoms with E-state index < -0.39 is 5.41 Å². The Kier molecular flexibility index (Phi) is 3.88. The summed E-state index contributed by atoms with van der Waals surface area (Å²) in [5.74, 6) is -0.561. The maximum absolute atomic E-state index is 11.5. The summed E-state index contributed by atoms with van der Waals surface area (Å²) in [6.07, 6.45) is 1.66. The van der Waals surface area contributed by atoms with Gasteiger partial charge >= 0.3 is 5.97 Å². The molecule has 6 nitrogen and oxygen atoms in total. The first-order valence-corrected chi connectivity index (χ1v) is 5.24. The van der Waals surface area contributed by atoms with Crippen LogP contribution in [0.5, 0.6) is 0 Å². The molecular weight excluding hydrogens is 222 g/mol. The lowest BCUT2D eigenvalue weighted by Crippen LogP contribution is -2.31. The number of methoxy groups -OCH3 is 1. The molecule has 1 amide bonds. The minimum absolute atomic E-state index is 0.250. The molecule has 1 N–H and O–H groups in total. The molecule has 94 valence electrons. The van der Waals surface area contributed by atoms with E-state index in [1.165, 1.54) is 7.11 Å². The van der Waals surface area contributed by atoms with Crippen LogP contribution in [-0.2, 0) is 16.1 Å². The zero-order valence-corrected chi connectivity index (χ0v) is 10.5. The molecule has 0 spiro atoms. The molecule has 1 rings (SSSR count). The quantitative estimate of drug-likeness (QED) is 0.774. The predicted octanol–water partition coefficient (Wildman–Crippen LogP) is 0.442. The SMILES string of the molecule is CNC(=O)c1ccn(CC(C)(C)C(=O)OC)n1. The van der Waals surface area contributed by atoms with Crippen molar-refractivity contribution < 1.29 is 14.3 Å². The van der Waals surface area contributed by atoms with E-state index >= 15 is 0 Å². The summed E-state index contributed by atoms with van der Waals surface area (Å²) in [5, 5.41) is 6.56. The number of amides is 1. The molecule has 0 fully saturated rings. The predicted molar refractivity (Wildman–Crippen MR) is 61.4 cm³/mol. The van der Waals surface area contributed by atoms with Crippen molar-refractivity contribution in [3.05, 3.63) is 18.0 Å². The van der Waals surface area contributed by atoms with Crippen molar-refractivity contribution in [2.45, 2.75) is 20.4 Å². The fourth-order valence-corrected chi connectivity index (χ4v) is 1.44. The number of rotatable bonds is 4. The van der Waals surface area contributed by atoms with Crippen LogP contribution in [0.2, 0.25) is 0 Å². The third-order valence-electron chi connectivity index (χ3n) is 2.40. The van der Waals surface area contributed by atoms with Gasteiger partial charge in [-0.15, -0.1) is 0 Å². The molecule has 1 aromatic rings. The van der Waals surface area contributed by atoms with Crippen molar-refractivity contribution in [2.75, 3.05) is 14.2 Å². The maximum Gasteiger partial charge on any atom is 0.313 e. The molecule has 0 aliphatic carbocycles. The minimum Gasteiger partial charge on any atom is -0.469 e. The van der Waals surface area contributed by atoms with E-state index in [2.05, 4.69) is 10.4 Å². The number of nitrogens with zero attached hydrogens (tertiary/aromatic N) is 2. The molecule has 0 aliphatic rings. The Balaban J connectivity index is 2.79. The Morgan fingerprint density at radius 3 is 2.71 bits per heavy atom. The molecule has 6 heteroatoms. The van der Waals surface area contributed by atoms with Gasteiger partial charge in [-0.25, -0.2) is 0 Å². The van der Waals surface area contributed by atoms with Crippen LogP contribution in [-0.4, -0.2) is 35.8 Å². The van der Waals surface area contributed by atoms with E-state index in [0.717, 1.165) is 0 Å². The van der Waals surface area contributed by atoms with Gasteiger partial charge in [0.05, 0.1) is 19.1 Å². The smallest absolute Gasteiger partial charge is 0.313 e. The highest BCUT2D eigenvalue weighted by Crippen LogP contribution is 2.19. The molecule has 0 unspecified atom stereocenters. The van der Waals surface area contributed by atoms with Gasteiger partial charge in [0.1, 0.15) is 5.69 Å². The molecule has 0 saturated heterocycles. The Morgan fingerprint density at radius 2 is 2.18 bits per heavy atom.